The van der Waals surface area contributed by atoms with Gasteiger partial charge in [-0.2, -0.15) is 0 Å². The highest BCUT2D eigenvalue weighted by Crippen LogP contribution is 2.30. The quantitative estimate of drug-likeness (QED) is 0.449. The zero-order valence-electron chi connectivity index (χ0n) is 21.0. The van der Waals surface area contributed by atoms with Crippen LogP contribution in [0.3, 0.4) is 0 Å². The third-order valence-corrected chi connectivity index (χ3v) is 6.44. The number of hydrogen-bond donors (Lipinski definition) is 1. The largest absolute Gasteiger partial charge is 0.497 e. The fraction of sp³-hybridized carbons (Fsp3) is 0.440. The average Bonchev–Trinajstić information content (AvgIpc) is 2.84. The van der Waals surface area contributed by atoms with Crippen LogP contribution >= 0.6 is 0 Å². The van der Waals surface area contributed by atoms with Crippen LogP contribution in [0.15, 0.2) is 48.5 Å². The molecule has 0 aliphatic carbocycles. The summed E-state index contributed by atoms with van der Waals surface area (Å²) in [5, 5.41) is 2.81. The van der Waals surface area contributed by atoms with Crippen molar-refractivity contribution in [1.29, 1.82) is 0 Å². The molecule has 0 aliphatic heterocycles. The number of hydrogen-bond acceptors (Lipinski definition) is 6. The fourth-order valence-corrected chi connectivity index (χ4v) is 4.33. The van der Waals surface area contributed by atoms with Crippen LogP contribution in [0.25, 0.3) is 0 Å². The molecular weight excluding hydrogens is 470 g/mol. The van der Waals surface area contributed by atoms with E-state index in [9.17, 15) is 18.0 Å². The second-order valence-corrected chi connectivity index (χ2v) is 9.92. The third kappa shape index (κ3) is 7.88. The smallest absolute Gasteiger partial charge is 0.244 e. The highest BCUT2D eigenvalue weighted by molar-refractivity contribution is 7.92. The molecule has 0 radical (unpaired) electrons. The number of sulfonamides is 1. The van der Waals surface area contributed by atoms with Gasteiger partial charge in [-0.05, 0) is 50.1 Å². The van der Waals surface area contributed by atoms with Crippen LogP contribution < -0.4 is 19.1 Å². The number of para-hydroxylation sites is 2. The molecule has 1 N–H and O–H groups in total. The summed E-state index contributed by atoms with van der Waals surface area (Å²) < 4.78 is 37.4. The Balaban J connectivity index is 2.43. The normalized spacial score (nSPS) is 11.9. The maximum atomic E-state index is 13.6. The van der Waals surface area contributed by atoms with E-state index in [1.165, 1.54) is 4.90 Å². The van der Waals surface area contributed by atoms with E-state index in [1.807, 2.05) is 13.0 Å². The molecule has 10 heteroatoms. The number of carbonyl (C=O) groups excluding carboxylic acids is 2. The van der Waals surface area contributed by atoms with E-state index in [0.717, 1.165) is 22.5 Å². The Morgan fingerprint density at radius 2 is 1.80 bits per heavy atom. The minimum atomic E-state index is -3.85. The Kier molecular flexibility index (Phi) is 10.4. The minimum absolute atomic E-state index is 0.0987. The maximum Gasteiger partial charge on any atom is 0.244 e. The number of ether oxygens (including phenoxy) is 2. The number of nitrogens with zero attached hydrogens (tertiary/aromatic N) is 2. The van der Waals surface area contributed by atoms with Gasteiger partial charge in [0.1, 0.15) is 24.1 Å². The van der Waals surface area contributed by atoms with Gasteiger partial charge in [-0.1, -0.05) is 31.2 Å². The van der Waals surface area contributed by atoms with E-state index in [2.05, 4.69) is 5.32 Å². The van der Waals surface area contributed by atoms with Crippen LogP contribution in [-0.2, 0) is 26.2 Å². The van der Waals surface area contributed by atoms with Crippen LogP contribution in [-0.4, -0.2) is 64.2 Å². The topological polar surface area (TPSA) is 105 Å². The average molecular weight is 506 g/mol. The molecule has 2 amide bonds. The van der Waals surface area contributed by atoms with Crippen molar-refractivity contribution in [2.24, 2.45) is 0 Å². The Labute approximate surface area is 208 Å². The van der Waals surface area contributed by atoms with E-state index >= 15 is 0 Å². The van der Waals surface area contributed by atoms with Gasteiger partial charge in [-0.3, -0.25) is 13.9 Å². The third-order valence-electron chi connectivity index (χ3n) is 5.32. The van der Waals surface area contributed by atoms with E-state index in [0.29, 0.717) is 24.7 Å². The van der Waals surface area contributed by atoms with Crippen molar-refractivity contribution in [2.75, 3.05) is 37.4 Å². The van der Waals surface area contributed by atoms with Gasteiger partial charge in [0.25, 0.3) is 0 Å². The molecule has 0 aromatic heterocycles. The summed E-state index contributed by atoms with van der Waals surface area (Å²) in [6.45, 7) is 5.77. The van der Waals surface area contributed by atoms with Crippen LogP contribution in [0.4, 0.5) is 5.69 Å². The number of nitrogens with one attached hydrogen (secondary N) is 1. The molecule has 1 atom stereocenters. The minimum Gasteiger partial charge on any atom is -0.497 e. The van der Waals surface area contributed by atoms with Gasteiger partial charge < -0.3 is 19.7 Å². The lowest BCUT2D eigenvalue weighted by atomic mass is 10.1. The van der Waals surface area contributed by atoms with Gasteiger partial charge in [-0.15, -0.1) is 0 Å². The Bertz CT molecular complexity index is 1110. The molecule has 2 aromatic rings. The molecule has 0 spiro atoms. The summed E-state index contributed by atoms with van der Waals surface area (Å²) in [6, 6.07) is 13.0. The monoisotopic (exact) mass is 505 g/mol. The molecular formula is C25H35N3O6S. The number of amides is 2. The van der Waals surface area contributed by atoms with Crippen molar-refractivity contribution >= 4 is 27.5 Å². The molecule has 192 valence electrons. The molecule has 0 fully saturated rings. The second kappa shape index (κ2) is 13.0. The van der Waals surface area contributed by atoms with Crippen molar-refractivity contribution < 1.29 is 27.5 Å². The van der Waals surface area contributed by atoms with Crippen LogP contribution in [0.5, 0.6) is 11.5 Å². The summed E-state index contributed by atoms with van der Waals surface area (Å²) in [5.74, 6) is 0.120. The first-order chi connectivity index (χ1) is 16.6. The lowest BCUT2D eigenvalue weighted by Gasteiger charge is -2.32. The summed E-state index contributed by atoms with van der Waals surface area (Å²) >= 11 is 0. The van der Waals surface area contributed by atoms with Gasteiger partial charge in [0.15, 0.2) is 0 Å². The van der Waals surface area contributed by atoms with E-state index in [1.54, 1.807) is 63.4 Å². The molecule has 0 bridgehead atoms. The highest BCUT2D eigenvalue weighted by Gasteiger charge is 2.31. The number of methoxy groups -OCH3 is 1. The number of benzene rings is 2. The van der Waals surface area contributed by atoms with Gasteiger partial charge in [-0.25, -0.2) is 8.42 Å². The molecule has 2 rings (SSSR count). The van der Waals surface area contributed by atoms with Gasteiger partial charge in [0, 0.05) is 13.1 Å². The van der Waals surface area contributed by atoms with Crippen LogP contribution in [0, 0.1) is 0 Å². The zero-order valence-corrected chi connectivity index (χ0v) is 21.8. The van der Waals surface area contributed by atoms with Crippen molar-refractivity contribution in [3.8, 4) is 11.5 Å². The predicted octanol–water partition coefficient (Wildman–Crippen LogP) is 2.80. The summed E-state index contributed by atoms with van der Waals surface area (Å²) in [6.07, 6.45) is 1.78. The van der Waals surface area contributed by atoms with E-state index < -0.39 is 28.5 Å². The predicted molar refractivity (Wildman–Crippen MR) is 136 cm³/mol. The van der Waals surface area contributed by atoms with Crippen molar-refractivity contribution in [3.63, 3.8) is 0 Å². The molecule has 2 aromatic carbocycles. The molecule has 0 heterocycles. The first-order valence-electron chi connectivity index (χ1n) is 11.5. The fourth-order valence-electron chi connectivity index (χ4n) is 3.48. The lowest BCUT2D eigenvalue weighted by Crippen LogP contribution is -2.51. The van der Waals surface area contributed by atoms with Crippen LogP contribution in [0.1, 0.15) is 32.8 Å². The molecule has 35 heavy (non-hydrogen) atoms. The molecule has 0 saturated heterocycles. The van der Waals surface area contributed by atoms with Crippen LogP contribution in [0.2, 0.25) is 0 Å². The molecule has 9 nitrogen and oxygen atoms in total. The molecule has 0 saturated carbocycles. The zero-order chi connectivity index (χ0) is 26.0. The van der Waals surface area contributed by atoms with Gasteiger partial charge in [0.2, 0.25) is 21.8 Å². The van der Waals surface area contributed by atoms with Gasteiger partial charge in [0.05, 0.1) is 25.7 Å². The van der Waals surface area contributed by atoms with E-state index in [4.69, 9.17) is 9.47 Å². The Morgan fingerprint density at radius 1 is 1.09 bits per heavy atom. The van der Waals surface area contributed by atoms with Gasteiger partial charge >= 0.3 is 0 Å². The Hall–Kier alpha value is -3.27. The standard InChI is InChI=1S/C25H35N3O6S/c1-6-15-26-25(30)19(3)27(17-20-11-10-12-21(16-20)33-4)24(29)18-28(35(5,31)32)22-13-8-9-14-23(22)34-7-2/h8-14,16,19H,6-7,15,17-18H2,1-5H3,(H,26,30)/t19-/m1/s1. The highest BCUT2D eigenvalue weighted by atomic mass is 32.2. The SMILES string of the molecule is CCCNC(=O)[C@@H](C)N(Cc1cccc(OC)c1)C(=O)CN(c1ccccc1OCC)S(C)(=O)=O. The summed E-state index contributed by atoms with van der Waals surface area (Å²) in [5.41, 5.74) is 1.00. The number of anilines is 1. The first-order valence-corrected chi connectivity index (χ1v) is 13.4. The van der Waals surface area contributed by atoms with Crippen molar-refractivity contribution in [3.05, 3.63) is 54.1 Å². The summed E-state index contributed by atoms with van der Waals surface area (Å²) in [4.78, 5) is 27.7. The first kappa shape index (κ1) is 28.0. The maximum absolute atomic E-state index is 13.6. The van der Waals surface area contributed by atoms with E-state index in [-0.39, 0.29) is 18.1 Å². The Morgan fingerprint density at radius 3 is 2.43 bits per heavy atom. The van der Waals surface area contributed by atoms with Crippen molar-refractivity contribution in [1.82, 2.24) is 10.2 Å². The second-order valence-electron chi connectivity index (χ2n) is 8.01. The lowest BCUT2D eigenvalue weighted by molar-refractivity contribution is -0.139. The molecule has 0 aliphatic rings. The number of carbonyl (C=O) groups is 2. The number of rotatable bonds is 13. The summed E-state index contributed by atoms with van der Waals surface area (Å²) in [7, 11) is -2.30. The van der Waals surface area contributed by atoms with Crippen molar-refractivity contribution in [2.45, 2.75) is 39.8 Å². The molecule has 0 unspecified atom stereocenters.